The summed E-state index contributed by atoms with van der Waals surface area (Å²) in [6, 6.07) is 23.0. The number of amides is 4. The number of benzene rings is 6. The van der Waals surface area contributed by atoms with Gasteiger partial charge in [0.15, 0.2) is 0 Å². The molecule has 16 nitrogen and oxygen atoms in total. The van der Waals surface area contributed by atoms with Crippen molar-refractivity contribution in [2.45, 2.75) is 13.1 Å². The van der Waals surface area contributed by atoms with Crippen molar-refractivity contribution in [3.05, 3.63) is 186 Å². The van der Waals surface area contributed by atoms with Gasteiger partial charge in [0.2, 0.25) is 0 Å². The Hall–Kier alpha value is -8.87. The van der Waals surface area contributed by atoms with E-state index in [-0.39, 0.29) is 78.6 Å². The van der Waals surface area contributed by atoms with Crippen LogP contribution >= 0.6 is 0 Å². The second kappa shape index (κ2) is 15.3. The minimum absolute atomic E-state index is 0.00431. The lowest BCUT2D eigenvalue weighted by Gasteiger charge is -2.21. The van der Waals surface area contributed by atoms with Gasteiger partial charge in [-0.15, -0.1) is 0 Å². The van der Waals surface area contributed by atoms with Gasteiger partial charge in [-0.25, -0.2) is 19.4 Å². The molecule has 8 rings (SSSR count). The quantitative estimate of drug-likeness (QED) is 0.0440. The minimum atomic E-state index is -5.02. The minimum Gasteiger partial charge on any atom is -0.423 e. The summed E-state index contributed by atoms with van der Waals surface area (Å²) in [6.07, 6.45) is -5.02. The Bertz CT molecular complexity index is 3040. The molecular weight excluding hydrogens is 833 g/mol. The van der Waals surface area contributed by atoms with Gasteiger partial charge in [0, 0.05) is 24.3 Å². The molecule has 2 heterocycles. The SMILES string of the molecule is Cc1cc(N2C(=O)c3ccc(C(=O)Oc4ccc([N+](=O)[O-])cc4)cc3C2=O)ccc1-c1ccc(N2C(=O)c3ccc(C(=O)Oc4ccc([N+](=O)[O-])cc4)cc3C2=O)cc1C(F)(F)F. The van der Waals surface area contributed by atoms with E-state index in [1.54, 1.807) is 0 Å². The Morgan fingerprint density at radius 2 is 0.889 bits per heavy atom. The molecule has 63 heavy (non-hydrogen) atoms. The molecule has 312 valence electrons. The number of nitro benzene ring substituents is 2. The summed E-state index contributed by atoms with van der Waals surface area (Å²) in [5, 5.41) is 21.8. The van der Waals surface area contributed by atoms with Crippen molar-refractivity contribution in [3.8, 4) is 22.6 Å². The van der Waals surface area contributed by atoms with Gasteiger partial charge in [0.1, 0.15) is 11.5 Å². The van der Waals surface area contributed by atoms with Crippen LogP contribution in [0.5, 0.6) is 11.5 Å². The Kier molecular flexibility index (Phi) is 9.93. The molecule has 4 amide bonds. The predicted molar refractivity (Wildman–Crippen MR) is 213 cm³/mol. The number of esters is 2. The smallest absolute Gasteiger partial charge is 0.417 e. The number of nitro groups is 2. The number of alkyl halides is 3. The highest BCUT2D eigenvalue weighted by atomic mass is 19.4. The van der Waals surface area contributed by atoms with E-state index in [0.29, 0.717) is 11.0 Å². The van der Waals surface area contributed by atoms with E-state index in [4.69, 9.17) is 9.47 Å². The summed E-state index contributed by atoms with van der Waals surface area (Å²) < 4.78 is 54.8. The van der Waals surface area contributed by atoms with Gasteiger partial charge < -0.3 is 9.47 Å². The topological polar surface area (TPSA) is 214 Å². The average molecular weight is 857 g/mol. The van der Waals surface area contributed by atoms with E-state index in [1.165, 1.54) is 67.6 Å². The lowest BCUT2D eigenvalue weighted by molar-refractivity contribution is -0.385. The Morgan fingerprint density at radius 1 is 0.508 bits per heavy atom. The van der Waals surface area contributed by atoms with Crippen LogP contribution in [0.2, 0.25) is 0 Å². The first-order valence-electron chi connectivity index (χ1n) is 18.2. The van der Waals surface area contributed by atoms with Crippen LogP contribution in [0.1, 0.15) is 73.3 Å². The van der Waals surface area contributed by atoms with Crippen molar-refractivity contribution in [2.24, 2.45) is 0 Å². The number of imide groups is 2. The largest absolute Gasteiger partial charge is 0.423 e. The molecule has 2 aliphatic heterocycles. The zero-order valence-electron chi connectivity index (χ0n) is 31.9. The molecule has 0 spiro atoms. The number of rotatable bonds is 9. The van der Waals surface area contributed by atoms with Crippen molar-refractivity contribution in [1.82, 2.24) is 0 Å². The van der Waals surface area contributed by atoms with Crippen LogP contribution in [0.15, 0.2) is 121 Å². The maximum atomic E-state index is 14.8. The van der Waals surface area contributed by atoms with Crippen molar-refractivity contribution in [1.29, 1.82) is 0 Å². The highest BCUT2D eigenvalue weighted by molar-refractivity contribution is 6.35. The Balaban J connectivity index is 1.02. The number of non-ortho nitro benzene ring substituents is 2. The highest BCUT2D eigenvalue weighted by Gasteiger charge is 2.41. The summed E-state index contributed by atoms with van der Waals surface area (Å²) in [4.78, 5) is 102. The van der Waals surface area contributed by atoms with E-state index in [1.807, 2.05) is 0 Å². The zero-order chi connectivity index (χ0) is 45.1. The first-order valence-corrected chi connectivity index (χ1v) is 18.2. The van der Waals surface area contributed by atoms with Crippen LogP contribution in [-0.2, 0) is 6.18 Å². The summed E-state index contributed by atoms with van der Waals surface area (Å²) in [6.45, 7) is 1.45. The van der Waals surface area contributed by atoms with Crippen LogP contribution in [0.4, 0.5) is 35.9 Å². The molecule has 0 radical (unpaired) electrons. The van der Waals surface area contributed by atoms with Crippen molar-refractivity contribution in [3.63, 3.8) is 0 Å². The van der Waals surface area contributed by atoms with E-state index in [9.17, 15) is 62.2 Å². The summed E-state index contributed by atoms with van der Waals surface area (Å²) >= 11 is 0. The van der Waals surface area contributed by atoms with Gasteiger partial charge in [0.05, 0.1) is 60.2 Å². The number of aryl methyl sites for hydroxylation is 1. The zero-order valence-corrected chi connectivity index (χ0v) is 31.9. The molecule has 0 atom stereocenters. The van der Waals surface area contributed by atoms with E-state index in [0.717, 1.165) is 59.5 Å². The number of hydrogen-bond acceptors (Lipinski definition) is 12. The fourth-order valence-electron chi connectivity index (χ4n) is 7.04. The molecule has 19 heteroatoms. The van der Waals surface area contributed by atoms with Gasteiger partial charge >= 0.3 is 18.1 Å². The number of carbonyl (C=O) groups excluding carboxylic acids is 6. The van der Waals surface area contributed by atoms with Gasteiger partial charge in [-0.2, -0.15) is 13.2 Å². The van der Waals surface area contributed by atoms with E-state index >= 15 is 0 Å². The molecule has 6 aromatic rings. The fourth-order valence-corrected chi connectivity index (χ4v) is 7.04. The predicted octanol–water partition coefficient (Wildman–Crippen LogP) is 8.54. The molecular formula is C44H23F3N4O12. The lowest BCUT2D eigenvalue weighted by atomic mass is 9.94. The molecule has 0 N–H and O–H groups in total. The van der Waals surface area contributed by atoms with Crippen molar-refractivity contribution < 1.29 is 61.3 Å². The molecule has 0 aliphatic carbocycles. The van der Waals surface area contributed by atoms with Gasteiger partial charge in [-0.3, -0.25) is 39.4 Å². The van der Waals surface area contributed by atoms with Crippen LogP contribution < -0.4 is 19.3 Å². The van der Waals surface area contributed by atoms with E-state index < -0.39 is 62.8 Å². The number of fused-ring (bicyclic) bond motifs is 2. The van der Waals surface area contributed by atoms with Crippen LogP contribution in [-0.4, -0.2) is 45.4 Å². The van der Waals surface area contributed by atoms with Gasteiger partial charge in [0.25, 0.3) is 35.0 Å². The normalized spacial score (nSPS) is 13.2. The number of anilines is 2. The van der Waals surface area contributed by atoms with Gasteiger partial charge in [-0.1, -0.05) is 12.1 Å². The standard InChI is InChI=1S/C44H23F3N4O12/c1-22-18-27(48-38(52)33-14-2-23(19-35(33)40(48)54)42(56)62-29-10-4-25(5-11-29)50(58)59)8-16-31(22)32-17-9-28(21-37(32)44(45,46)47)49-39(53)34-15-3-24(20-36(34)41(49)55)43(57)63-30-12-6-26(7-13-30)51(60)61/h2-21H,1H3. The van der Waals surface area contributed by atoms with Crippen LogP contribution in [0.3, 0.4) is 0 Å². The third-order valence-electron chi connectivity index (χ3n) is 10.1. The molecule has 0 fully saturated rings. The second-order valence-corrected chi connectivity index (χ2v) is 13.9. The van der Waals surface area contributed by atoms with Crippen LogP contribution in [0.25, 0.3) is 11.1 Å². The fraction of sp³-hybridized carbons (Fsp3) is 0.0455. The number of ether oxygens (including phenoxy) is 2. The third-order valence-corrected chi connectivity index (χ3v) is 10.1. The number of nitrogens with zero attached hydrogens (tertiary/aromatic N) is 4. The number of halogens is 3. The number of carbonyl (C=O) groups is 6. The Labute approximate surface area is 350 Å². The van der Waals surface area contributed by atoms with Crippen molar-refractivity contribution >= 4 is 58.3 Å². The summed E-state index contributed by atoms with van der Waals surface area (Å²) in [7, 11) is 0. The maximum absolute atomic E-state index is 14.8. The highest BCUT2D eigenvalue weighted by Crippen LogP contribution is 2.43. The molecule has 0 saturated carbocycles. The molecule has 0 unspecified atom stereocenters. The lowest BCUT2D eigenvalue weighted by Crippen LogP contribution is -2.29. The average Bonchev–Trinajstić information content (AvgIpc) is 3.66. The number of hydrogen-bond donors (Lipinski definition) is 0. The summed E-state index contributed by atoms with van der Waals surface area (Å²) in [5.74, 6) is -5.55. The third kappa shape index (κ3) is 7.39. The van der Waals surface area contributed by atoms with Crippen LogP contribution in [0, 0.1) is 27.2 Å². The monoisotopic (exact) mass is 856 g/mol. The Morgan fingerprint density at radius 3 is 1.29 bits per heavy atom. The molecule has 0 aromatic heterocycles. The molecule has 0 saturated heterocycles. The first kappa shape index (κ1) is 40.9. The molecule has 6 aromatic carbocycles. The van der Waals surface area contributed by atoms with E-state index in [2.05, 4.69) is 0 Å². The first-order chi connectivity index (χ1) is 29.9. The summed E-state index contributed by atoms with van der Waals surface area (Å²) in [5.41, 5.74) is -3.26. The van der Waals surface area contributed by atoms with Crippen molar-refractivity contribution in [2.75, 3.05) is 9.80 Å². The maximum Gasteiger partial charge on any atom is 0.417 e. The molecule has 0 bridgehead atoms. The molecule has 2 aliphatic rings. The van der Waals surface area contributed by atoms with Gasteiger partial charge in [-0.05, 0) is 109 Å². The second-order valence-electron chi connectivity index (χ2n) is 13.9.